The first kappa shape index (κ1) is 62.1. The fraction of sp³-hybridized carbons (Fsp3) is 0.780. The second kappa shape index (κ2) is 53.7. The normalized spacial score (nSPS) is 12.5. The Morgan fingerprint density at radius 2 is 0.600 bits per heavy atom. The van der Waals surface area contributed by atoms with Gasteiger partial charge in [0.25, 0.3) is 0 Å². The van der Waals surface area contributed by atoms with Crippen molar-refractivity contribution in [3.63, 3.8) is 0 Å². The van der Waals surface area contributed by atoms with E-state index in [2.05, 4.69) is 81.5 Å². The molecule has 0 heterocycles. The fourth-order valence-corrected chi connectivity index (χ4v) is 7.84. The van der Waals surface area contributed by atoms with Gasteiger partial charge in [0.05, 0.1) is 0 Å². The Kier molecular flexibility index (Phi) is 51.3. The molecule has 6 nitrogen and oxygen atoms in total. The van der Waals surface area contributed by atoms with Crippen LogP contribution in [0.4, 0.5) is 0 Å². The number of carbonyl (C=O) groups is 3. The highest BCUT2D eigenvalue weighted by molar-refractivity contribution is 5.71. The zero-order valence-corrected chi connectivity index (χ0v) is 43.0. The first-order valence-corrected chi connectivity index (χ1v) is 27.8. The van der Waals surface area contributed by atoms with Crippen LogP contribution in [-0.2, 0) is 28.6 Å². The van der Waals surface area contributed by atoms with Crippen LogP contribution in [0.3, 0.4) is 0 Å². The molecule has 1 atom stereocenters. The molecule has 0 saturated carbocycles. The monoisotopic (exact) mass is 909 g/mol. The number of ether oxygens (including phenoxy) is 3. The van der Waals surface area contributed by atoms with Crippen LogP contribution in [-0.4, -0.2) is 37.2 Å². The van der Waals surface area contributed by atoms with Crippen molar-refractivity contribution in [2.75, 3.05) is 13.2 Å². The van der Waals surface area contributed by atoms with Crippen molar-refractivity contribution >= 4 is 17.9 Å². The molecular formula is C59H104O6. The lowest BCUT2D eigenvalue weighted by molar-refractivity contribution is -0.167. The second-order valence-corrected chi connectivity index (χ2v) is 18.5. The van der Waals surface area contributed by atoms with Gasteiger partial charge in [0, 0.05) is 19.3 Å². The molecular weight excluding hydrogens is 805 g/mol. The van der Waals surface area contributed by atoms with E-state index in [4.69, 9.17) is 14.2 Å². The van der Waals surface area contributed by atoms with Crippen molar-refractivity contribution in [3.8, 4) is 0 Å². The van der Waals surface area contributed by atoms with Gasteiger partial charge in [0.1, 0.15) is 13.2 Å². The maximum absolute atomic E-state index is 12.8. The summed E-state index contributed by atoms with van der Waals surface area (Å²) in [5, 5.41) is 0. The number of carbonyl (C=O) groups excluding carboxylic acids is 3. The molecule has 376 valence electrons. The molecule has 0 aromatic carbocycles. The SMILES string of the molecule is CC/C=C\C/C=C\C/C=C\C/C=C\CCCCCCCCCCC(=O)OCC(COC(=O)CCCCCCCCCC)OC(=O)CCCCCCCCC/C=C\CCCCCCCCC. The minimum atomic E-state index is -0.776. The van der Waals surface area contributed by atoms with Crippen LogP contribution < -0.4 is 0 Å². The molecule has 0 aliphatic carbocycles. The third-order valence-electron chi connectivity index (χ3n) is 12.0. The van der Waals surface area contributed by atoms with E-state index in [1.807, 2.05) is 0 Å². The summed E-state index contributed by atoms with van der Waals surface area (Å²) in [6.07, 6.45) is 66.5. The molecule has 6 heteroatoms. The maximum atomic E-state index is 12.8. The van der Waals surface area contributed by atoms with Gasteiger partial charge in [0.2, 0.25) is 0 Å². The third kappa shape index (κ3) is 51.9. The number of hydrogen-bond donors (Lipinski definition) is 0. The molecule has 0 aromatic rings. The van der Waals surface area contributed by atoms with Crippen molar-refractivity contribution in [2.24, 2.45) is 0 Å². The fourth-order valence-electron chi connectivity index (χ4n) is 7.84. The maximum Gasteiger partial charge on any atom is 0.306 e. The molecule has 0 N–H and O–H groups in total. The van der Waals surface area contributed by atoms with Crippen LogP contribution in [0.5, 0.6) is 0 Å². The molecule has 0 radical (unpaired) electrons. The van der Waals surface area contributed by atoms with E-state index < -0.39 is 6.10 Å². The van der Waals surface area contributed by atoms with Crippen LogP contribution in [0.15, 0.2) is 60.8 Å². The van der Waals surface area contributed by atoms with Crippen LogP contribution in [0.1, 0.15) is 278 Å². The topological polar surface area (TPSA) is 78.9 Å². The minimum Gasteiger partial charge on any atom is -0.462 e. The Hall–Kier alpha value is -2.89. The van der Waals surface area contributed by atoms with E-state index in [1.165, 1.54) is 148 Å². The van der Waals surface area contributed by atoms with Gasteiger partial charge in [-0.25, -0.2) is 0 Å². The quantitative estimate of drug-likeness (QED) is 0.0262. The van der Waals surface area contributed by atoms with Gasteiger partial charge < -0.3 is 14.2 Å². The van der Waals surface area contributed by atoms with Crippen molar-refractivity contribution in [1.82, 2.24) is 0 Å². The summed E-state index contributed by atoms with van der Waals surface area (Å²) in [5.74, 6) is -0.886. The summed E-state index contributed by atoms with van der Waals surface area (Å²) in [7, 11) is 0. The lowest BCUT2D eigenvalue weighted by Gasteiger charge is -2.18. The van der Waals surface area contributed by atoms with Gasteiger partial charge in [-0.05, 0) is 83.5 Å². The first-order chi connectivity index (χ1) is 32.0. The first-order valence-electron chi connectivity index (χ1n) is 27.8. The Morgan fingerprint density at radius 1 is 0.323 bits per heavy atom. The average molecular weight is 909 g/mol. The number of esters is 3. The molecule has 0 bridgehead atoms. The summed E-state index contributed by atoms with van der Waals surface area (Å²) in [6, 6.07) is 0. The summed E-state index contributed by atoms with van der Waals surface area (Å²) < 4.78 is 16.8. The van der Waals surface area contributed by atoms with E-state index in [9.17, 15) is 14.4 Å². The summed E-state index contributed by atoms with van der Waals surface area (Å²) in [4.78, 5) is 38.0. The zero-order chi connectivity index (χ0) is 47.2. The van der Waals surface area contributed by atoms with Gasteiger partial charge in [-0.3, -0.25) is 14.4 Å². The predicted molar refractivity (Wildman–Crippen MR) is 279 cm³/mol. The van der Waals surface area contributed by atoms with Gasteiger partial charge >= 0.3 is 17.9 Å². The molecule has 0 amide bonds. The largest absolute Gasteiger partial charge is 0.462 e. The van der Waals surface area contributed by atoms with Gasteiger partial charge in [0.15, 0.2) is 6.10 Å². The van der Waals surface area contributed by atoms with Crippen molar-refractivity contribution in [3.05, 3.63) is 60.8 Å². The van der Waals surface area contributed by atoms with Crippen molar-refractivity contribution < 1.29 is 28.6 Å². The third-order valence-corrected chi connectivity index (χ3v) is 12.0. The highest BCUT2D eigenvalue weighted by atomic mass is 16.6. The highest BCUT2D eigenvalue weighted by Gasteiger charge is 2.19. The molecule has 0 rings (SSSR count). The zero-order valence-electron chi connectivity index (χ0n) is 43.0. The average Bonchev–Trinajstić information content (AvgIpc) is 3.30. The summed E-state index contributed by atoms with van der Waals surface area (Å²) in [5.41, 5.74) is 0. The Bertz CT molecular complexity index is 1180. The van der Waals surface area contributed by atoms with Crippen LogP contribution in [0.2, 0.25) is 0 Å². The van der Waals surface area contributed by atoms with E-state index in [1.54, 1.807) is 0 Å². The molecule has 65 heavy (non-hydrogen) atoms. The molecule has 0 aliphatic rings. The smallest absolute Gasteiger partial charge is 0.306 e. The Balaban J connectivity index is 4.26. The lowest BCUT2D eigenvalue weighted by Crippen LogP contribution is -2.30. The molecule has 0 saturated heterocycles. The standard InChI is InChI=1S/C59H104O6/c1-4-7-10-13-16-19-21-23-25-27-29-30-31-33-34-36-38-40-43-46-49-52-58(61)64-55-56(54-63-57(60)51-48-45-42-18-15-12-9-6-3)65-59(62)53-50-47-44-41-39-37-35-32-28-26-24-22-20-17-14-11-8-5-2/h7,10,16,19,23,25-26,28-30,56H,4-6,8-9,11-15,17-18,20-22,24,27,31-55H2,1-3H3/b10-7-,19-16-,25-23-,28-26-,30-29-. The second-order valence-electron chi connectivity index (χ2n) is 18.5. The molecule has 0 fully saturated rings. The van der Waals surface area contributed by atoms with Crippen LogP contribution in [0, 0.1) is 0 Å². The van der Waals surface area contributed by atoms with E-state index in [0.29, 0.717) is 19.3 Å². The lowest BCUT2D eigenvalue weighted by atomic mass is 10.1. The van der Waals surface area contributed by atoms with Crippen LogP contribution in [0.25, 0.3) is 0 Å². The summed E-state index contributed by atoms with van der Waals surface area (Å²) >= 11 is 0. The van der Waals surface area contributed by atoms with E-state index in [-0.39, 0.29) is 31.1 Å². The minimum absolute atomic E-state index is 0.0768. The summed E-state index contributed by atoms with van der Waals surface area (Å²) in [6.45, 7) is 6.50. The Labute approximate surface area is 402 Å². The van der Waals surface area contributed by atoms with Gasteiger partial charge in [-0.15, -0.1) is 0 Å². The number of unbranched alkanes of at least 4 members (excludes halogenated alkanes) is 29. The number of hydrogen-bond acceptors (Lipinski definition) is 6. The van der Waals surface area contributed by atoms with E-state index in [0.717, 1.165) is 89.9 Å². The van der Waals surface area contributed by atoms with Crippen molar-refractivity contribution in [2.45, 2.75) is 284 Å². The van der Waals surface area contributed by atoms with E-state index >= 15 is 0 Å². The number of allylic oxidation sites excluding steroid dienone is 10. The Morgan fingerprint density at radius 3 is 0.954 bits per heavy atom. The molecule has 0 aromatic heterocycles. The van der Waals surface area contributed by atoms with Crippen molar-refractivity contribution in [1.29, 1.82) is 0 Å². The predicted octanol–water partition coefficient (Wildman–Crippen LogP) is 18.4. The molecule has 1 unspecified atom stereocenters. The van der Waals surface area contributed by atoms with Crippen LogP contribution >= 0.6 is 0 Å². The number of rotatable bonds is 50. The van der Waals surface area contributed by atoms with Gasteiger partial charge in [-0.2, -0.15) is 0 Å². The molecule has 0 aliphatic heterocycles. The van der Waals surface area contributed by atoms with Gasteiger partial charge in [-0.1, -0.05) is 236 Å². The molecule has 0 spiro atoms. The highest BCUT2D eigenvalue weighted by Crippen LogP contribution is 2.15.